The number of imidazole rings is 1. The second-order valence-electron chi connectivity index (χ2n) is 4.00. The summed E-state index contributed by atoms with van der Waals surface area (Å²) < 4.78 is 2.09. The molecule has 2 heterocycles. The summed E-state index contributed by atoms with van der Waals surface area (Å²) in [6.07, 6.45) is 3.92. The molecule has 1 aliphatic heterocycles. The van der Waals surface area contributed by atoms with Crippen molar-refractivity contribution in [2.75, 3.05) is 0 Å². The molecule has 1 aliphatic rings. The summed E-state index contributed by atoms with van der Waals surface area (Å²) in [6, 6.07) is 0. The molecule has 0 saturated carbocycles. The predicted octanol–water partition coefficient (Wildman–Crippen LogP) is 1.09. The highest BCUT2D eigenvalue weighted by molar-refractivity contribution is 5.69. The van der Waals surface area contributed by atoms with E-state index in [4.69, 9.17) is 5.11 Å². The van der Waals surface area contributed by atoms with Gasteiger partial charge in [-0.15, -0.1) is 0 Å². The fraction of sp³-hybridized carbons (Fsp3) is 0.600. The maximum absolute atomic E-state index is 10.6. The predicted molar refractivity (Wildman–Crippen MR) is 51.1 cm³/mol. The molecular formula is C10H14N2O2. The van der Waals surface area contributed by atoms with Gasteiger partial charge in [0.05, 0.1) is 18.4 Å². The quantitative estimate of drug-likeness (QED) is 0.766. The minimum Gasteiger partial charge on any atom is -0.481 e. The average Bonchev–Trinajstić information content (AvgIpc) is 2.47. The van der Waals surface area contributed by atoms with E-state index in [1.807, 2.05) is 0 Å². The van der Waals surface area contributed by atoms with E-state index in [0.29, 0.717) is 5.92 Å². The van der Waals surface area contributed by atoms with Crippen LogP contribution in [0.15, 0.2) is 6.33 Å². The number of hydrogen-bond donors (Lipinski definition) is 1. The summed E-state index contributed by atoms with van der Waals surface area (Å²) >= 11 is 0. The van der Waals surface area contributed by atoms with Crippen molar-refractivity contribution in [3.8, 4) is 0 Å². The van der Waals surface area contributed by atoms with Crippen molar-refractivity contribution in [3.05, 3.63) is 17.7 Å². The first kappa shape index (κ1) is 9.24. The number of nitrogens with zero attached hydrogens (tertiary/aromatic N) is 2. The van der Waals surface area contributed by atoms with E-state index >= 15 is 0 Å². The van der Waals surface area contributed by atoms with Crippen LogP contribution in [0.2, 0.25) is 0 Å². The number of carbonyl (C=O) groups is 1. The Balaban J connectivity index is 2.24. The van der Waals surface area contributed by atoms with Crippen LogP contribution in [-0.2, 0) is 24.2 Å². The lowest BCUT2D eigenvalue weighted by atomic mass is 9.98. The smallest absolute Gasteiger partial charge is 0.309 e. The second-order valence-corrected chi connectivity index (χ2v) is 4.00. The first-order valence-electron chi connectivity index (χ1n) is 4.91. The SMILES string of the molecule is CC1CCc2c(CC(=O)O)ncn2C1. The van der Waals surface area contributed by atoms with Gasteiger partial charge < -0.3 is 9.67 Å². The molecule has 1 aromatic heterocycles. The Morgan fingerprint density at radius 3 is 3.29 bits per heavy atom. The Bertz CT molecular complexity index is 357. The van der Waals surface area contributed by atoms with Gasteiger partial charge in [-0.05, 0) is 18.8 Å². The zero-order chi connectivity index (χ0) is 10.1. The zero-order valence-electron chi connectivity index (χ0n) is 8.23. The molecule has 0 aliphatic carbocycles. The van der Waals surface area contributed by atoms with E-state index in [1.54, 1.807) is 6.33 Å². The van der Waals surface area contributed by atoms with E-state index in [9.17, 15) is 4.79 Å². The van der Waals surface area contributed by atoms with Gasteiger partial charge in [0.25, 0.3) is 0 Å². The average molecular weight is 194 g/mol. The van der Waals surface area contributed by atoms with Crippen molar-refractivity contribution in [1.82, 2.24) is 9.55 Å². The third-order valence-corrected chi connectivity index (χ3v) is 2.73. The molecule has 0 amide bonds. The minimum atomic E-state index is -0.801. The summed E-state index contributed by atoms with van der Waals surface area (Å²) in [5.41, 5.74) is 1.86. The van der Waals surface area contributed by atoms with Crippen LogP contribution in [0.3, 0.4) is 0 Å². The second kappa shape index (κ2) is 3.44. The summed E-state index contributed by atoms with van der Waals surface area (Å²) in [5.74, 6) is -0.125. The van der Waals surface area contributed by atoms with Crippen molar-refractivity contribution < 1.29 is 9.90 Å². The maximum Gasteiger partial charge on any atom is 0.309 e. The Hall–Kier alpha value is -1.32. The first-order valence-corrected chi connectivity index (χ1v) is 4.91. The molecule has 14 heavy (non-hydrogen) atoms. The number of fused-ring (bicyclic) bond motifs is 1. The largest absolute Gasteiger partial charge is 0.481 e. The van der Waals surface area contributed by atoms with E-state index in [2.05, 4.69) is 16.5 Å². The Morgan fingerprint density at radius 1 is 1.79 bits per heavy atom. The van der Waals surface area contributed by atoms with Crippen LogP contribution in [0.5, 0.6) is 0 Å². The topological polar surface area (TPSA) is 55.1 Å². The number of carboxylic acid groups (broad SMARTS) is 1. The van der Waals surface area contributed by atoms with Crippen LogP contribution < -0.4 is 0 Å². The van der Waals surface area contributed by atoms with Crippen molar-refractivity contribution in [1.29, 1.82) is 0 Å². The van der Waals surface area contributed by atoms with Gasteiger partial charge in [-0.1, -0.05) is 6.92 Å². The molecule has 0 radical (unpaired) electrons. The number of hydrogen-bond acceptors (Lipinski definition) is 2. The Labute approximate surface area is 82.6 Å². The zero-order valence-corrected chi connectivity index (χ0v) is 8.23. The first-order chi connectivity index (χ1) is 6.66. The van der Waals surface area contributed by atoms with Gasteiger partial charge in [0.2, 0.25) is 0 Å². The molecule has 0 fully saturated rings. The molecule has 1 unspecified atom stereocenters. The van der Waals surface area contributed by atoms with Crippen LogP contribution in [0.25, 0.3) is 0 Å². The van der Waals surface area contributed by atoms with Crippen molar-refractivity contribution in [2.45, 2.75) is 32.7 Å². The molecule has 0 saturated heterocycles. The van der Waals surface area contributed by atoms with E-state index in [-0.39, 0.29) is 6.42 Å². The number of aliphatic carboxylic acids is 1. The van der Waals surface area contributed by atoms with Gasteiger partial charge >= 0.3 is 5.97 Å². The Morgan fingerprint density at radius 2 is 2.57 bits per heavy atom. The van der Waals surface area contributed by atoms with Crippen molar-refractivity contribution in [2.24, 2.45) is 5.92 Å². The standard InChI is InChI=1S/C10H14N2O2/c1-7-2-3-9-8(4-10(13)14)11-6-12(9)5-7/h6-7H,2-5H2,1H3,(H,13,14). The summed E-state index contributed by atoms with van der Waals surface area (Å²) in [6.45, 7) is 3.18. The lowest BCUT2D eigenvalue weighted by Gasteiger charge is -2.21. The minimum absolute atomic E-state index is 0.0523. The fourth-order valence-corrected chi connectivity index (χ4v) is 2.00. The van der Waals surface area contributed by atoms with Gasteiger partial charge in [0, 0.05) is 12.2 Å². The number of carboxylic acids is 1. The molecule has 0 spiro atoms. The summed E-state index contributed by atoms with van der Waals surface area (Å²) in [7, 11) is 0. The van der Waals surface area contributed by atoms with E-state index in [1.165, 1.54) is 0 Å². The molecule has 4 heteroatoms. The van der Waals surface area contributed by atoms with Crippen LogP contribution in [0, 0.1) is 5.92 Å². The van der Waals surface area contributed by atoms with E-state index < -0.39 is 5.97 Å². The Kier molecular flexibility index (Phi) is 2.27. The van der Waals surface area contributed by atoms with Gasteiger partial charge in [0.1, 0.15) is 0 Å². The molecule has 4 nitrogen and oxygen atoms in total. The monoisotopic (exact) mass is 194 g/mol. The highest BCUT2D eigenvalue weighted by Gasteiger charge is 2.19. The van der Waals surface area contributed by atoms with E-state index in [0.717, 1.165) is 30.8 Å². The third-order valence-electron chi connectivity index (χ3n) is 2.73. The highest BCUT2D eigenvalue weighted by Crippen LogP contribution is 2.21. The summed E-state index contributed by atoms with van der Waals surface area (Å²) in [5, 5.41) is 8.69. The molecule has 1 atom stereocenters. The fourth-order valence-electron chi connectivity index (χ4n) is 2.00. The van der Waals surface area contributed by atoms with Gasteiger partial charge in [-0.3, -0.25) is 4.79 Å². The normalized spacial score (nSPS) is 20.5. The molecule has 76 valence electrons. The summed E-state index contributed by atoms with van der Waals surface area (Å²) in [4.78, 5) is 14.7. The number of aromatic nitrogens is 2. The van der Waals surface area contributed by atoms with Crippen LogP contribution in [-0.4, -0.2) is 20.6 Å². The molecule has 1 N–H and O–H groups in total. The molecule has 1 aromatic rings. The molecule has 2 rings (SSSR count). The van der Waals surface area contributed by atoms with Gasteiger partial charge in [-0.25, -0.2) is 4.98 Å². The van der Waals surface area contributed by atoms with Crippen LogP contribution in [0.1, 0.15) is 24.7 Å². The van der Waals surface area contributed by atoms with Crippen LogP contribution in [0.4, 0.5) is 0 Å². The third kappa shape index (κ3) is 1.64. The molecule has 0 bridgehead atoms. The lowest BCUT2D eigenvalue weighted by molar-refractivity contribution is -0.136. The maximum atomic E-state index is 10.6. The van der Waals surface area contributed by atoms with Crippen molar-refractivity contribution in [3.63, 3.8) is 0 Å². The van der Waals surface area contributed by atoms with Crippen molar-refractivity contribution >= 4 is 5.97 Å². The van der Waals surface area contributed by atoms with Gasteiger partial charge in [0.15, 0.2) is 0 Å². The molecule has 0 aromatic carbocycles. The van der Waals surface area contributed by atoms with Crippen LogP contribution >= 0.6 is 0 Å². The number of rotatable bonds is 2. The van der Waals surface area contributed by atoms with Gasteiger partial charge in [-0.2, -0.15) is 0 Å². The highest BCUT2D eigenvalue weighted by atomic mass is 16.4. The molecular weight excluding hydrogens is 180 g/mol. The lowest BCUT2D eigenvalue weighted by Crippen LogP contribution is -2.18.